The summed E-state index contributed by atoms with van der Waals surface area (Å²) in [6, 6.07) is 0. The number of carboxylic acid groups (broad SMARTS) is 1. The maximum atomic E-state index is 11.7. The maximum Gasteiger partial charge on any atom is 0.371 e. The van der Waals surface area contributed by atoms with Gasteiger partial charge in [0.1, 0.15) is 0 Å². The summed E-state index contributed by atoms with van der Waals surface area (Å²) in [5.41, 5.74) is -0.818. The maximum absolute atomic E-state index is 11.7. The molecule has 0 aromatic carbocycles. The van der Waals surface area contributed by atoms with E-state index in [-0.39, 0.29) is 5.76 Å². The van der Waals surface area contributed by atoms with E-state index in [2.05, 4.69) is 0 Å². The Kier molecular flexibility index (Phi) is 2.52. The number of halogens is 1. The number of carbonyl (C=O) groups excluding carboxylic acids is 1. The van der Waals surface area contributed by atoms with E-state index < -0.39 is 17.4 Å². The minimum atomic E-state index is -1.31. The molecule has 84 valence electrons. The molecule has 0 amide bonds. The lowest BCUT2D eigenvalue weighted by Crippen LogP contribution is -2.29. The van der Waals surface area contributed by atoms with Crippen LogP contribution in [0.3, 0.4) is 0 Å². The van der Waals surface area contributed by atoms with Gasteiger partial charge in [-0.2, -0.15) is 11.3 Å². The van der Waals surface area contributed by atoms with Gasteiger partial charge in [-0.15, -0.1) is 0 Å². The summed E-state index contributed by atoms with van der Waals surface area (Å²) < 4.78 is 5.18. The first kappa shape index (κ1) is 11.2. The molecule has 0 radical (unpaired) electrons. The molecule has 1 aliphatic rings. The van der Waals surface area contributed by atoms with Crippen molar-refractivity contribution in [2.45, 2.75) is 12.5 Å². The van der Waals surface area contributed by atoms with Crippen LogP contribution in [0.2, 0.25) is 5.02 Å². The number of aliphatic carboxylic acids is 1. The van der Waals surface area contributed by atoms with Crippen molar-refractivity contribution in [1.29, 1.82) is 0 Å². The van der Waals surface area contributed by atoms with Crippen molar-refractivity contribution >= 4 is 34.7 Å². The lowest BCUT2D eigenvalue weighted by Gasteiger charge is -2.22. The van der Waals surface area contributed by atoms with Crippen molar-refractivity contribution in [2.24, 2.45) is 0 Å². The van der Waals surface area contributed by atoms with Gasteiger partial charge >= 0.3 is 5.97 Å². The average molecular weight is 259 g/mol. The minimum absolute atomic E-state index is 0.352. The molecule has 2 heterocycles. The van der Waals surface area contributed by atoms with E-state index in [1.807, 2.05) is 0 Å². The van der Waals surface area contributed by atoms with Gasteiger partial charge < -0.3 is 9.84 Å². The Balaban J connectivity index is 2.41. The first-order chi connectivity index (χ1) is 7.45. The quantitative estimate of drug-likeness (QED) is 0.883. The largest absolute Gasteiger partial charge is 0.475 e. The summed E-state index contributed by atoms with van der Waals surface area (Å²) in [5.74, 6) is -2.02. The second-order valence-electron chi connectivity index (χ2n) is 3.45. The monoisotopic (exact) mass is 258 g/mol. The van der Waals surface area contributed by atoms with Crippen molar-refractivity contribution in [3.8, 4) is 0 Å². The molecule has 1 unspecified atom stereocenters. The average Bonchev–Trinajstić information content (AvgIpc) is 2.73. The van der Waals surface area contributed by atoms with Gasteiger partial charge in [-0.3, -0.25) is 4.79 Å². The van der Waals surface area contributed by atoms with Gasteiger partial charge in [0.2, 0.25) is 11.5 Å². The summed E-state index contributed by atoms with van der Waals surface area (Å²) in [4.78, 5) is 22.5. The van der Waals surface area contributed by atoms with Gasteiger partial charge in [0.25, 0.3) is 0 Å². The number of carbonyl (C=O) groups is 2. The third-order valence-corrected chi connectivity index (χ3v) is 3.57. The molecule has 1 aromatic rings. The fourth-order valence-corrected chi connectivity index (χ4v) is 2.73. The lowest BCUT2D eigenvalue weighted by molar-refractivity contribution is -0.141. The summed E-state index contributed by atoms with van der Waals surface area (Å²) >= 11 is 7.24. The second kappa shape index (κ2) is 3.61. The molecule has 1 aromatic heterocycles. The van der Waals surface area contributed by atoms with Crippen LogP contribution in [-0.4, -0.2) is 16.9 Å². The van der Waals surface area contributed by atoms with Gasteiger partial charge in [-0.1, -0.05) is 11.6 Å². The molecule has 2 rings (SSSR count). The van der Waals surface area contributed by atoms with Crippen molar-refractivity contribution in [3.63, 3.8) is 0 Å². The molecular weight excluding hydrogens is 252 g/mol. The molecule has 1 N–H and O–H groups in total. The van der Waals surface area contributed by atoms with Gasteiger partial charge in [0.15, 0.2) is 5.60 Å². The van der Waals surface area contributed by atoms with Gasteiger partial charge in [0, 0.05) is 17.0 Å². The zero-order valence-corrected chi connectivity index (χ0v) is 9.76. The Bertz CT molecular complexity index is 505. The third-order valence-electron chi connectivity index (χ3n) is 2.39. The summed E-state index contributed by atoms with van der Waals surface area (Å²) in [5, 5.41) is 12.5. The molecule has 16 heavy (non-hydrogen) atoms. The van der Waals surface area contributed by atoms with Crippen LogP contribution in [0.1, 0.15) is 12.5 Å². The van der Waals surface area contributed by atoms with Gasteiger partial charge in [-0.25, -0.2) is 4.79 Å². The minimum Gasteiger partial charge on any atom is -0.475 e. The molecule has 0 spiro atoms. The van der Waals surface area contributed by atoms with Crippen molar-refractivity contribution in [1.82, 2.24) is 0 Å². The van der Waals surface area contributed by atoms with E-state index in [0.29, 0.717) is 10.6 Å². The molecule has 0 bridgehead atoms. The van der Waals surface area contributed by atoms with Crippen LogP contribution in [-0.2, 0) is 19.9 Å². The number of ether oxygens (including phenoxy) is 1. The zero-order chi connectivity index (χ0) is 11.9. The third kappa shape index (κ3) is 1.52. The predicted molar refractivity (Wildman–Crippen MR) is 58.5 cm³/mol. The van der Waals surface area contributed by atoms with E-state index in [9.17, 15) is 9.59 Å². The smallest absolute Gasteiger partial charge is 0.371 e. The van der Waals surface area contributed by atoms with Crippen LogP contribution in [0.4, 0.5) is 0 Å². The highest BCUT2D eigenvalue weighted by molar-refractivity contribution is 7.08. The summed E-state index contributed by atoms with van der Waals surface area (Å²) in [6.07, 6.45) is 0.982. The zero-order valence-electron chi connectivity index (χ0n) is 8.19. The Labute approximate surface area is 100 Å². The van der Waals surface area contributed by atoms with E-state index in [0.717, 1.165) is 6.08 Å². The molecule has 1 aliphatic heterocycles. The highest BCUT2D eigenvalue weighted by Crippen LogP contribution is 2.39. The van der Waals surface area contributed by atoms with E-state index in [1.54, 1.807) is 10.8 Å². The van der Waals surface area contributed by atoms with E-state index in [4.69, 9.17) is 21.4 Å². The topological polar surface area (TPSA) is 63.6 Å². The SMILES string of the molecule is CC1(c2cscc2Cl)OC(C(=O)O)=CC1=O. The Hall–Kier alpha value is -1.33. The fraction of sp³-hybridized carbons (Fsp3) is 0.200. The van der Waals surface area contributed by atoms with Crippen molar-refractivity contribution < 1.29 is 19.4 Å². The number of thiophene rings is 1. The van der Waals surface area contributed by atoms with Crippen LogP contribution in [0, 0.1) is 0 Å². The van der Waals surface area contributed by atoms with E-state index >= 15 is 0 Å². The second-order valence-corrected chi connectivity index (χ2v) is 4.60. The van der Waals surface area contributed by atoms with Crippen molar-refractivity contribution in [3.05, 3.63) is 33.2 Å². The number of rotatable bonds is 2. The van der Waals surface area contributed by atoms with Crippen LogP contribution in [0.5, 0.6) is 0 Å². The molecule has 1 atom stereocenters. The predicted octanol–water partition coefficient (Wildman–Crippen LogP) is 2.18. The molecule has 0 saturated heterocycles. The molecule has 0 saturated carbocycles. The highest BCUT2D eigenvalue weighted by Gasteiger charge is 2.45. The molecule has 6 heteroatoms. The van der Waals surface area contributed by atoms with Crippen molar-refractivity contribution in [2.75, 3.05) is 0 Å². The molecule has 0 aliphatic carbocycles. The lowest BCUT2D eigenvalue weighted by atomic mass is 9.95. The number of ketones is 1. The standard InChI is InChI=1S/C10H7ClO4S/c1-10(5-3-16-4-6(5)11)8(12)2-7(15-10)9(13)14/h2-4H,1H3,(H,13,14). The molecule has 4 nitrogen and oxygen atoms in total. The van der Waals surface area contributed by atoms with Gasteiger partial charge in [-0.05, 0) is 12.3 Å². The van der Waals surface area contributed by atoms with Gasteiger partial charge in [0.05, 0.1) is 5.02 Å². The Morgan fingerprint density at radius 2 is 2.25 bits per heavy atom. The fourth-order valence-electron chi connectivity index (χ4n) is 1.47. The number of hydrogen-bond acceptors (Lipinski definition) is 4. The molecular formula is C10H7ClO4S. The first-order valence-corrected chi connectivity index (χ1v) is 5.68. The summed E-state index contributed by atoms with van der Waals surface area (Å²) in [6.45, 7) is 1.51. The Morgan fingerprint density at radius 1 is 1.56 bits per heavy atom. The van der Waals surface area contributed by atoms with Crippen LogP contribution < -0.4 is 0 Å². The molecule has 0 fully saturated rings. The summed E-state index contributed by atoms with van der Waals surface area (Å²) in [7, 11) is 0. The number of carboxylic acids is 1. The number of hydrogen-bond donors (Lipinski definition) is 1. The van der Waals surface area contributed by atoms with E-state index in [1.165, 1.54) is 18.3 Å². The normalized spacial score (nSPS) is 24.1. The van der Waals surface area contributed by atoms with Crippen LogP contribution in [0.15, 0.2) is 22.6 Å². The van der Waals surface area contributed by atoms with Crippen LogP contribution >= 0.6 is 22.9 Å². The van der Waals surface area contributed by atoms with Crippen LogP contribution in [0.25, 0.3) is 0 Å². The Morgan fingerprint density at radius 3 is 2.69 bits per heavy atom. The first-order valence-electron chi connectivity index (χ1n) is 4.36. The highest BCUT2D eigenvalue weighted by atomic mass is 35.5.